The number of unbranched alkanes of at least 4 members (excludes halogenated alkanes) is 1. The number of nitrogens with zero attached hydrogens (tertiary/aromatic N) is 2. The van der Waals surface area contributed by atoms with Crippen LogP contribution in [-0.4, -0.2) is 22.1 Å². The second-order valence-corrected chi connectivity index (χ2v) is 8.65. The number of ether oxygens (including phenoxy) is 1. The van der Waals surface area contributed by atoms with Gasteiger partial charge in [0.2, 0.25) is 0 Å². The molecule has 1 atom stereocenters. The molecule has 1 unspecified atom stereocenters. The van der Waals surface area contributed by atoms with Gasteiger partial charge in [-0.3, -0.25) is 4.79 Å². The average Bonchev–Trinajstić information content (AvgIpc) is 3.25. The Morgan fingerprint density at radius 3 is 2.47 bits per heavy atom. The summed E-state index contributed by atoms with van der Waals surface area (Å²) in [6, 6.07) is 25.9. The van der Waals surface area contributed by atoms with Crippen molar-refractivity contribution in [1.29, 1.82) is 0 Å². The molecule has 176 valence electrons. The third-order valence-corrected chi connectivity index (χ3v) is 6.28. The van der Waals surface area contributed by atoms with E-state index in [-0.39, 0.29) is 5.91 Å². The first-order valence-corrected chi connectivity index (χ1v) is 12.2. The van der Waals surface area contributed by atoms with Crippen LogP contribution < -0.4 is 10.1 Å². The van der Waals surface area contributed by atoms with Gasteiger partial charge in [0, 0.05) is 12.1 Å². The highest BCUT2D eigenvalue weighted by Gasteiger charge is 2.12. The van der Waals surface area contributed by atoms with Gasteiger partial charge in [-0.2, -0.15) is 0 Å². The molecule has 3 aromatic carbocycles. The fourth-order valence-corrected chi connectivity index (χ4v) is 4.05. The van der Waals surface area contributed by atoms with E-state index in [1.54, 1.807) is 0 Å². The lowest BCUT2D eigenvalue weighted by atomic mass is 9.99. The van der Waals surface area contributed by atoms with Crippen LogP contribution in [0.25, 0.3) is 11.0 Å². The van der Waals surface area contributed by atoms with E-state index in [1.165, 1.54) is 5.56 Å². The smallest absolute Gasteiger partial charge is 0.251 e. The van der Waals surface area contributed by atoms with Crippen LogP contribution in [0.3, 0.4) is 0 Å². The Labute approximate surface area is 201 Å². The number of carbonyl (C=O) groups is 1. The lowest BCUT2D eigenvalue weighted by Crippen LogP contribution is -2.24. The van der Waals surface area contributed by atoms with E-state index in [1.807, 2.05) is 48.5 Å². The lowest BCUT2D eigenvalue weighted by molar-refractivity contribution is 0.0949. The second-order valence-electron chi connectivity index (χ2n) is 8.65. The number of hydrogen-bond donors (Lipinski definition) is 1. The Bertz CT molecular complexity index is 1200. The molecule has 5 heteroatoms. The number of para-hydroxylation sites is 2. The van der Waals surface area contributed by atoms with Crippen LogP contribution in [-0.2, 0) is 13.1 Å². The molecule has 34 heavy (non-hydrogen) atoms. The van der Waals surface area contributed by atoms with Gasteiger partial charge in [-0.15, -0.1) is 0 Å². The number of hydrogen-bond acceptors (Lipinski definition) is 3. The highest BCUT2D eigenvalue weighted by Crippen LogP contribution is 2.22. The fourth-order valence-electron chi connectivity index (χ4n) is 4.05. The molecule has 0 saturated carbocycles. The molecule has 1 amide bonds. The minimum absolute atomic E-state index is 0.0908. The molecule has 0 aliphatic rings. The number of aryl methyl sites for hydroxylation is 1. The zero-order valence-electron chi connectivity index (χ0n) is 20.0. The molecule has 5 nitrogen and oxygen atoms in total. The molecular weight excluding hydrogens is 422 g/mol. The Morgan fingerprint density at radius 1 is 0.971 bits per heavy atom. The van der Waals surface area contributed by atoms with E-state index < -0.39 is 0 Å². The summed E-state index contributed by atoms with van der Waals surface area (Å²) in [6.45, 7) is 6.35. The summed E-state index contributed by atoms with van der Waals surface area (Å²) in [4.78, 5) is 17.3. The van der Waals surface area contributed by atoms with Crippen LogP contribution in [0.5, 0.6) is 5.75 Å². The number of amides is 1. The first kappa shape index (κ1) is 23.6. The van der Waals surface area contributed by atoms with Crippen LogP contribution in [0, 0.1) is 0 Å². The number of nitrogens with one attached hydrogen (secondary N) is 1. The van der Waals surface area contributed by atoms with E-state index in [4.69, 9.17) is 9.72 Å². The number of fused-ring (bicyclic) bond motifs is 1. The topological polar surface area (TPSA) is 56.1 Å². The molecule has 0 aliphatic heterocycles. The van der Waals surface area contributed by atoms with Crippen LogP contribution >= 0.6 is 0 Å². The van der Waals surface area contributed by atoms with Gasteiger partial charge in [0.1, 0.15) is 11.6 Å². The first-order chi connectivity index (χ1) is 16.7. The molecule has 0 radical (unpaired) electrons. The highest BCUT2D eigenvalue weighted by atomic mass is 16.5. The van der Waals surface area contributed by atoms with Crippen molar-refractivity contribution >= 4 is 16.9 Å². The third-order valence-electron chi connectivity index (χ3n) is 6.28. The van der Waals surface area contributed by atoms with Crippen molar-refractivity contribution in [2.45, 2.75) is 52.1 Å². The SMILES string of the molecule is CCC(C)c1ccc(OCCCCn2c(CNC(=O)c3ccccc3)nc3ccccc32)cc1. The largest absolute Gasteiger partial charge is 0.494 e. The third kappa shape index (κ3) is 5.84. The van der Waals surface area contributed by atoms with Crippen molar-refractivity contribution in [3.05, 3.63) is 95.8 Å². The fraction of sp³-hybridized carbons (Fsp3) is 0.310. The van der Waals surface area contributed by atoms with Gasteiger partial charge in [-0.1, -0.05) is 56.3 Å². The van der Waals surface area contributed by atoms with E-state index >= 15 is 0 Å². The maximum Gasteiger partial charge on any atom is 0.251 e. The van der Waals surface area contributed by atoms with Crippen molar-refractivity contribution < 1.29 is 9.53 Å². The minimum atomic E-state index is -0.0908. The summed E-state index contributed by atoms with van der Waals surface area (Å²) < 4.78 is 8.17. The molecule has 1 aromatic heterocycles. The van der Waals surface area contributed by atoms with Crippen LogP contribution in [0.1, 0.15) is 60.8 Å². The summed E-state index contributed by atoms with van der Waals surface area (Å²) in [7, 11) is 0. The minimum Gasteiger partial charge on any atom is -0.494 e. The van der Waals surface area contributed by atoms with Gasteiger partial charge in [-0.05, 0) is 67.1 Å². The summed E-state index contributed by atoms with van der Waals surface area (Å²) in [5, 5.41) is 3.01. The predicted molar refractivity (Wildman–Crippen MR) is 137 cm³/mol. The lowest BCUT2D eigenvalue weighted by Gasteiger charge is -2.12. The van der Waals surface area contributed by atoms with Crippen molar-refractivity contribution in [2.75, 3.05) is 6.61 Å². The zero-order chi connectivity index (χ0) is 23.8. The van der Waals surface area contributed by atoms with Crippen molar-refractivity contribution in [2.24, 2.45) is 0 Å². The van der Waals surface area contributed by atoms with Gasteiger partial charge < -0.3 is 14.6 Å². The van der Waals surface area contributed by atoms with Gasteiger partial charge >= 0.3 is 0 Å². The zero-order valence-corrected chi connectivity index (χ0v) is 20.0. The molecule has 0 fully saturated rings. The van der Waals surface area contributed by atoms with Gasteiger partial charge in [0.15, 0.2) is 0 Å². The predicted octanol–water partition coefficient (Wildman–Crippen LogP) is 6.34. The van der Waals surface area contributed by atoms with Crippen LogP contribution in [0.2, 0.25) is 0 Å². The summed E-state index contributed by atoms with van der Waals surface area (Å²) in [6.07, 6.45) is 3.04. The Morgan fingerprint density at radius 2 is 1.71 bits per heavy atom. The molecule has 0 aliphatic carbocycles. The molecule has 4 aromatic rings. The Kier molecular flexibility index (Phi) is 7.97. The van der Waals surface area contributed by atoms with Crippen LogP contribution in [0.15, 0.2) is 78.9 Å². The van der Waals surface area contributed by atoms with E-state index in [9.17, 15) is 4.79 Å². The summed E-state index contributed by atoms with van der Waals surface area (Å²) in [5.74, 6) is 2.27. The number of imidazole rings is 1. The number of benzene rings is 3. The van der Waals surface area contributed by atoms with E-state index in [0.29, 0.717) is 24.6 Å². The second kappa shape index (κ2) is 11.5. The summed E-state index contributed by atoms with van der Waals surface area (Å²) >= 11 is 0. The monoisotopic (exact) mass is 455 g/mol. The van der Waals surface area contributed by atoms with Crippen LogP contribution in [0.4, 0.5) is 0 Å². The maximum absolute atomic E-state index is 12.5. The average molecular weight is 456 g/mol. The van der Waals surface area contributed by atoms with Crippen molar-refractivity contribution in [3.63, 3.8) is 0 Å². The number of rotatable bonds is 11. The van der Waals surface area contributed by atoms with Crippen molar-refractivity contribution in [3.8, 4) is 5.75 Å². The van der Waals surface area contributed by atoms with Crippen molar-refractivity contribution in [1.82, 2.24) is 14.9 Å². The molecule has 0 spiro atoms. The van der Waals surface area contributed by atoms with Gasteiger partial charge in [0.05, 0.1) is 24.2 Å². The van der Waals surface area contributed by atoms with E-state index in [0.717, 1.165) is 48.4 Å². The normalized spacial score (nSPS) is 11.9. The molecule has 1 heterocycles. The quantitative estimate of drug-likeness (QED) is 0.269. The first-order valence-electron chi connectivity index (χ1n) is 12.2. The molecule has 0 bridgehead atoms. The Balaban J connectivity index is 1.32. The van der Waals surface area contributed by atoms with E-state index in [2.05, 4.69) is 54.1 Å². The highest BCUT2D eigenvalue weighted by molar-refractivity contribution is 5.94. The molecule has 4 rings (SSSR count). The van der Waals surface area contributed by atoms with Gasteiger partial charge in [0.25, 0.3) is 5.91 Å². The maximum atomic E-state index is 12.5. The number of aromatic nitrogens is 2. The Hall–Kier alpha value is -3.60. The standard InChI is InChI=1S/C29H33N3O2/c1-3-22(2)23-15-17-25(18-16-23)34-20-10-9-19-32-27-14-8-7-13-26(27)31-28(32)21-30-29(33)24-11-5-4-6-12-24/h4-8,11-18,22H,3,9-10,19-21H2,1-2H3,(H,30,33). The summed E-state index contributed by atoms with van der Waals surface area (Å²) in [5.41, 5.74) is 4.05. The molecule has 1 N–H and O–H groups in total. The number of carbonyl (C=O) groups excluding carboxylic acids is 1. The molecular formula is C29H33N3O2. The van der Waals surface area contributed by atoms with Gasteiger partial charge in [-0.25, -0.2) is 4.98 Å². The molecule has 0 saturated heterocycles.